The molecule has 1 aliphatic rings. The van der Waals surface area contributed by atoms with Crippen molar-refractivity contribution in [3.8, 4) is 5.75 Å². The second-order valence-electron chi connectivity index (χ2n) is 6.89. The summed E-state index contributed by atoms with van der Waals surface area (Å²) in [5.41, 5.74) is 1.47. The molecule has 2 aromatic rings. The number of carbonyl (C=O) groups is 2. The summed E-state index contributed by atoms with van der Waals surface area (Å²) >= 11 is 6.07. The van der Waals surface area contributed by atoms with Gasteiger partial charge in [-0.2, -0.15) is 0 Å². The number of hydrogen-bond donors (Lipinski definition) is 1. The highest BCUT2D eigenvalue weighted by Crippen LogP contribution is 2.31. The summed E-state index contributed by atoms with van der Waals surface area (Å²) in [7, 11) is 1.64. The Morgan fingerprint density at radius 1 is 1.11 bits per heavy atom. The first kappa shape index (κ1) is 20.2. The Hall–Kier alpha value is -2.53. The molecule has 1 fully saturated rings. The molecule has 0 aliphatic carbocycles. The maximum Gasteiger partial charge on any atom is 0.253 e. The molecule has 0 saturated carbocycles. The summed E-state index contributed by atoms with van der Waals surface area (Å²) in [4.78, 5) is 27.2. The number of methoxy groups -OCH3 is 1. The van der Waals surface area contributed by atoms with Crippen LogP contribution >= 0.6 is 11.6 Å². The molecule has 1 atom stereocenters. The predicted molar refractivity (Wildman–Crippen MR) is 110 cm³/mol. The lowest BCUT2D eigenvalue weighted by molar-refractivity contribution is -0.132. The molecule has 2 aromatic carbocycles. The van der Waals surface area contributed by atoms with Gasteiger partial charge in [0.25, 0.3) is 5.91 Å². The maximum atomic E-state index is 12.9. The number of benzene rings is 2. The quantitative estimate of drug-likeness (QED) is 0.817. The second-order valence-corrected chi connectivity index (χ2v) is 7.30. The van der Waals surface area contributed by atoms with Crippen LogP contribution in [0.4, 0.5) is 0 Å². The van der Waals surface area contributed by atoms with Gasteiger partial charge in [0.2, 0.25) is 5.91 Å². The Bertz CT molecular complexity index is 823. The van der Waals surface area contributed by atoms with Gasteiger partial charge >= 0.3 is 0 Å². The zero-order valence-corrected chi connectivity index (χ0v) is 16.7. The van der Waals surface area contributed by atoms with Gasteiger partial charge in [-0.3, -0.25) is 9.59 Å². The highest BCUT2D eigenvalue weighted by atomic mass is 35.5. The molecule has 1 unspecified atom stereocenters. The van der Waals surface area contributed by atoms with E-state index >= 15 is 0 Å². The van der Waals surface area contributed by atoms with Crippen molar-refractivity contribution in [2.24, 2.45) is 0 Å². The van der Waals surface area contributed by atoms with Crippen LogP contribution in [0.25, 0.3) is 0 Å². The predicted octanol–water partition coefficient (Wildman–Crippen LogP) is 4.22. The second kappa shape index (κ2) is 9.60. The fourth-order valence-electron chi connectivity index (χ4n) is 3.58. The van der Waals surface area contributed by atoms with E-state index in [4.69, 9.17) is 16.3 Å². The molecule has 1 saturated heterocycles. The third-order valence-corrected chi connectivity index (χ3v) is 5.42. The van der Waals surface area contributed by atoms with Gasteiger partial charge < -0.3 is 15.0 Å². The van der Waals surface area contributed by atoms with Gasteiger partial charge in [0.15, 0.2) is 0 Å². The number of ether oxygens (including phenoxy) is 1. The van der Waals surface area contributed by atoms with E-state index < -0.39 is 0 Å². The van der Waals surface area contributed by atoms with Crippen LogP contribution < -0.4 is 10.1 Å². The van der Waals surface area contributed by atoms with Crippen molar-refractivity contribution in [1.29, 1.82) is 0 Å². The Morgan fingerprint density at radius 2 is 1.86 bits per heavy atom. The average molecular weight is 401 g/mol. The summed E-state index contributed by atoms with van der Waals surface area (Å²) in [5.74, 6) is 0.375. The van der Waals surface area contributed by atoms with Crippen LogP contribution in [0.5, 0.6) is 5.75 Å². The van der Waals surface area contributed by atoms with Crippen molar-refractivity contribution in [2.75, 3.05) is 20.2 Å². The van der Waals surface area contributed by atoms with Crippen LogP contribution in [-0.2, 0) is 4.79 Å². The molecule has 1 aliphatic heterocycles. The van der Waals surface area contributed by atoms with Crippen molar-refractivity contribution in [1.82, 2.24) is 10.2 Å². The third kappa shape index (κ3) is 4.84. The van der Waals surface area contributed by atoms with Gasteiger partial charge in [-0.05, 0) is 42.7 Å². The standard InChI is InChI=1S/C22H25ClN2O3/c1-28-17-12-10-16(11-13-17)20-9-3-2-6-14-25(20)21(26)15-24-22(27)18-7-4-5-8-19(18)23/h4-5,7-8,10-13,20H,2-3,6,9,14-15H2,1H3,(H,24,27). The molecule has 1 heterocycles. The lowest BCUT2D eigenvalue weighted by Crippen LogP contribution is -2.42. The van der Waals surface area contributed by atoms with Crippen molar-refractivity contribution < 1.29 is 14.3 Å². The van der Waals surface area contributed by atoms with E-state index in [0.717, 1.165) is 37.0 Å². The van der Waals surface area contributed by atoms with E-state index in [9.17, 15) is 9.59 Å². The van der Waals surface area contributed by atoms with E-state index in [1.54, 1.807) is 31.4 Å². The van der Waals surface area contributed by atoms with E-state index in [1.807, 2.05) is 29.2 Å². The molecule has 0 bridgehead atoms. The van der Waals surface area contributed by atoms with Crippen molar-refractivity contribution in [2.45, 2.75) is 31.7 Å². The zero-order chi connectivity index (χ0) is 19.9. The number of rotatable bonds is 5. The van der Waals surface area contributed by atoms with Crippen LogP contribution in [0, 0.1) is 0 Å². The number of carbonyl (C=O) groups excluding carboxylic acids is 2. The molecule has 3 rings (SSSR count). The molecule has 0 radical (unpaired) electrons. The fraction of sp³-hybridized carbons (Fsp3) is 0.364. The van der Waals surface area contributed by atoms with Crippen LogP contribution in [0.2, 0.25) is 5.02 Å². The van der Waals surface area contributed by atoms with E-state index in [2.05, 4.69) is 5.32 Å². The Balaban J connectivity index is 1.69. The van der Waals surface area contributed by atoms with Gasteiger partial charge in [-0.25, -0.2) is 0 Å². The third-order valence-electron chi connectivity index (χ3n) is 5.09. The molecule has 148 valence electrons. The van der Waals surface area contributed by atoms with Crippen molar-refractivity contribution in [3.63, 3.8) is 0 Å². The molecule has 2 amide bonds. The van der Waals surface area contributed by atoms with E-state index in [1.165, 1.54) is 0 Å². The fourth-order valence-corrected chi connectivity index (χ4v) is 3.80. The van der Waals surface area contributed by atoms with E-state index in [0.29, 0.717) is 17.1 Å². The molecule has 5 nitrogen and oxygen atoms in total. The number of hydrogen-bond acceptors (Lipinski definition) is 3. The van der Waals surface area contributed by atoms with E-state index in [-0.39, 0.29) is 24.4 Å². The number of nitrogens with one attached hydrogen (secondary N) is 1. The summed E-state index contributed by atoms with van der Waals surface area (Å²) in [5, 5.41) is 3.09. The molecule has 1 N–H and O–H groups in total. The molecule has 28 heavy (non-hydrogen) atoms. The first-order chi connectivity index (χ1) is 13.6. The van der Waals surface area contributed by atoms with Crippen LogP contribution in [-0.4, -0.2) is 36.9 Å². The summed E-state index contributed by atoms with van der Waals surface area (Å²) in [6.45, 7) is 0.647. The summed E-state index contributed by atoms with van der Waals surface area (Å²) < 4.78 is 5.23. The van der Waals surface area contributed by atoms with Gasteiger partial charge in [0.1, 0.15) is 5.75 Å². The Morgan fingerprint density at radius 3 is 2.57 bits per heavy atom. The van der Waals surface area contributed by atoms with Crippen molar-refractivity contribution in [3.05, 3.63) is 64.7 Å². The lowest BCUT2D eigenvalue weighted by Gasteiger charge is -2.30. The number of likely N-dealkylation sites (tertiary alicyclic amines) is 1. The van der Waals surface area contributed by atoms with Gasteiger partial charge in [0, 0.05) is 6.54 Å². The highest BCUT2D eigenvalue weighted by Gasteiger charge is 2.27. The number of amides is 2. The molecule has 6 heteroatoms. The maximum absolute atomic E-state index is 12.9. The molecular formula is C22H25ClN2O3. The minimum Gasteiger partial charge on any atom is -0.497 e. The van der Waals surface area contributed by atoms with Crippen molar-refractivity contribution >= 4 is 23.4 Å². The summed E-state index contributed by atoms with van der Waals surface area (Å²) in [6.07, 6.45) is 4.06. The number of halogens is 1. The first-order valence-corrected chi connectivity index (χ1v) is 9.94. The first-order valence-electron chi connectivity index (χ1n) is 9.56. The van der Waals surface area contributed by atoms with Crippen LogP contribution in [0.1, 0.15) is 47.6 Å². The van der Waals surface area contributed by atoms with Gasteiger partial charge in [-0.15, -0.1) is 0 Å². The van der Waals surface area contributed by atoms with Crippen LogP contribution in [0.3, 0.4) is 0 Å². The minimum atomic E-state index is -0.338. The molecule has 0 spiro atoms. The smallest absolute Gasteiger partial charge is 0.253 e. The Labute approximate surface area is 170 Å². The largest absolute Gasteiger partial charge is 0.497 e. The zero-order valence-electron chi connectivity index (χ0n) is 16.0. The molecule has 0 aromatic heterocycles. The monoisotopic (exact) mass is 400 g/mol. The minimum absolute atomic E-state index is 0.0121. The average Bonchev–Trinajstić information content (AvgIpc) is 2.98. The number of nitrogens with zero attached hydrogens (tertiary/aromatic N) is 1. The van der Waals surface area contributed by atoms with Crippen LogP contribution in [0.15, 0.2) is 48.5 Å². The topological polar surface area (TPSA) is 58.6 Å². The normalized spacial score (nSPS) is 16.9. The lowest BCUT2D eigenvalue weighted by atomic mass is 10.0. The summed E-state index contributed by atoms with van der Waals surface area (Å²) in [6, 6.07) is 14.7. The Kier molecular flexibility index (Phi) is 6.93. The van der Waals surface area contributed by atoms with Gasteiger partial charge in [-0.1, -0.05) is 48.7 Å². The molecular weight excluding hydrogens is 376 g/mol. The van der Waals surface area contributed by atoms with Gasteiger partial charge in [0.05, 0.1) is 30.3 Å². The SMILES string of the molecule is COc1ccc(C2CCCCCN2C(=O)CNC(=O)c2ccccc2Cl)cc1. The highest BCUT2D eigenvalue weighted by molar-refractivity contribution is 6.33.